The highest BCUT2D eigenvalue weighted by molar-refractivity contribution is 6.62. The van der Waals surface area contributed by atoms with Crippen LogP contribution in [0.2, 0.25) is 5.15 Å². The van der Waals surface area contributed by atoms with E-state index < -0.39 is 18.3 Å². The monoisotopic (exact) mass is 320 g/mol. The Morgan fingerprint density at radius 3 is 2.36 bits per heavy atom. The summed E-state index contributed by atoms with van der Waals surface area (Å²) in [6.07, 6.45) is 1.64. The van der Waals surface area contributed by atoms with Crippen molar-refractivity contribution in [1.29, 1.82) is 0 Å². The molecule has 0 unspecified atom stereocenters. The van der Waals surface area contributed by atoms with Crippen molar-refractivity contribution in [2.45, 2.75) is 38.9 Å². The standard InChI is InChI=1S/C15H18BClN2O3/c1-14(2)15(3,4)22-16(21-14)10-6-9-8-18-12(17)7-11(9)19(5)13(10)20/h6-8H,1-5H3. The van der Waals surface area contributed by atoms with Gasteiger partial charge in [-0.15, -0.1) is 0 Å². The van der Waals surface area contributed by atoms with Crippen LogP contribution < -0.4 is 11.0 Å². The van der Waals surface area contributed by atoms with E-state index >= 15 is 0 Å². The summed E-state index contributed by atoms with van der Waals surface area (Å²) in [5.41, 5.74) is 0.0579. The molecular weight excluding hydrogens is 302 g/mol. The summed E-state index contributed by atoms with van der Waals surface area (Å²) >= 11 is 5.91. The van der Waals surface area contributed by atoms with Crippen LogP contribution in [0.3, 0.4) is 0 Å². The minimum Gasteiger partial charge on any atom is -0.399 e. The van der Waals surface area contributed by atoms with Gasteiger partial charge in [0.15, 0.2) is 0 Å². The molecule has 0 N–H and O–H groups in total. The number of hydrogen-bond acceptors (Lipinski definition) is 4. The van der Waals surface area contributed by atoms with Gasteiger partial charge in [0.25, 0.3) is 5.56 Å². The minimum atomic E-state index is -0.691. The molecule has 116 valence electrons. The molecule has 1 fully saturated rings. The number of pyridine rings is 2. The highest BCUT2D eigenvalue weighted by Crippen LogP contribution is 2.36. The Balaban J connectivity index is 2.16. The zero-order valence-electron chi connectivity index (χ0n) is 13.3. The predicted molar refractivity (Wildman–Crippen MR) is 87.7 cm³/mol. The van der Waals surface area contributed by atoms with Crippen LogP contribution in [-0.4, -0.2) is 27.9 Å². The molecule has 0 aromatic carbocycles. The number of nitrogens with zero attached hydrogens (tertiary/aromatic N) is 2. The topological polar surface area (TPSA) is 53.4 Å². The van der Waals surface area contributed by atoms with E-state index in [1.165, 1.54) is 0 Å². The van der Waals surface area contributed by atoms with Gasteiger partial charge in [-0.2, -0.15) is 0 Å². The van der Waals surface area contributed by atoms with Crippen LogP contribution in [0.15, 0.2) is 23.1 Å². The second-order valence-corrected chi connectivity index (χ2v) is 7.01. The molecule has 2 aromatic heterocycles. The number of hydrogen-bond donors (Lipinski definition) is 0. The van der Waals surface area contributed by atoms with E-state index in [-0.39, 0.29) is 5.56 Å². The maximum atomic E-state index is 12.6. The molecule has 0 bridgehead atoms. The molecule has 5 nitrogen and oxygen atoms in total. The fourth-order valence-corrected chi connectivity index (χ4v) is 2.66. The fourth-order valence-electron chi connectivity index (χ4n) is 2.50. The average molecular weight is 321 g/mol. The summed E-state index contributed by atoms with van der Waals surface area (Å²) < 4.78 is 13.5. The van der Waals surface area contributed by atoms with Crippen molar-refractivity contribution in [3.63, 3.8) is 0 Å². The normalized spacial score (nSPS) is 19.8. The lowest BCUT2D eigenvalue weighted by molar-refractivity contribution is 0.00578. The van der Waals surface area contributed by atoms with Gasteiger partial charge in [-0.25, -0.2) is 4.98 Å². The highest BCUT2D eigenvalue weighted by atomic mass is 35.5. The lowest BCUT2D eigenvalue weighted by Crippen LogP contribution is -2.47. The van der Waals surface area contributed by atoms with Gasteiger partial charge >= 0.3 is 7.12 Å². The number of rotatable bonds is 1. The van der Waals surface area contributed by atoms with Gasteiger partial charge in [-0.1, -0.05) is 11.6 Å². The fraction of sp³-hybridized carbons (Fsp3) is 0.467. The Bertz CT molecular complexity index is 800. The third-order valence-corrected chi connectivity index (χ3v) is 4.82. The van der Waals surface area contributed by atoms with Crippen LogP contribution in [0.1, 0.15) is 27.7 Å². The number of aryl methyl sites for hydroxylation is 1. The van der Waals surface area contributed by atoms with Crippen molar-refractivity contribution in [2.75, 3.05) is 0 Å². The first kappa shape index (κ1) is 15.5. The molecule has 0 saturated carbocycles. The molecule has 1 saturated heterocycles. The SMILES string of the molecule is Cn1c(=O)c(B2OC(C)(C)C(C)(C)O2)cc2cnc(Cl)cc21. The molecule has 2 aromatic rings. The molecule has 3 heterocycles. The first-order valence-electron chi connectivity index (χ1n) is 7.13. The van der Waals surface area contributed by atoms with E-state index in [4.69, 9.17) is 20.9 Å². The minimum absolute atomic E-state index is 0.159. The van der Waals surface area contributed by atoms with Gasteiger partial charge in [0, 0.05) is 24.1 Å². The lowest BCUT2D eigenvalue weighted by Gasteiger charge is -2.32. The lowest BCUT2D eigenvalue weighted by atomic mass is 9.79. The second kappa shape index (κ2) is 4.81. The predicted octanol–water partition coefficient (Wildman–Crippen LogP) is 1.89. The second-order valence-electron chi connectivity index (χ2n) is 6.62. The summed E-state index contributed by atoms with van der Waals surface area (Å²) in [5.74, 6) is 0. The van der Waals surface area contributed by atoms with Crippen LogP contribution in [0.5, 0.6) is 0 Å². The summed E-state index contributed by atoms with van der Waals surface area (Å²) in [6.45, 7) is 7.83. The summed E-state index contributed by atoms with van der Waals surface area (Å²) in [4.78, 5) is 16.7. The van der Waals surface area contributed by atoms with Gasteiger partial charge in [-0.05, 0) is 39.8 Å². The molecule has 0 amide bonds. The molecule has 0 spiro atoms. The summed E-state index contributed by atoms with van der Waals surface area (Å²) in [6, 6.07) is 3.44. The van der Waals surface area contributed by atoms with E-state index in [9.17, 15) is 4.79 Å². The Labute approximate surface area is 134 Å². The van der Waals surface area contributed by atoms with Crippen molar-refractivity contribution in [1.82, 2.24) is 9.55 Å². The van der Waals surface area contributed by atoms with E-state index in [0.717, 1.165) is 10.9 Å². The Kier molecular flexibility index (Phi) is 3.40. The van der Waals surface area contributed by atoms with Crippen LogP contribution in [0, 0.1) is 0 Å². The Morgan fingerprint density at radius 2 is 1.77 bits per heavy atom. The average Bonchev–Trinajstić information content (AvgIpc) is 2.63. The van der Waals surface area contributed by atoms with Crippen LogP contribution >= 0.6 is 11.6 Å². The molecule has 0 atom stereocenters. The Hall–Kier alpha value is -1.37. The number of fused-ring (bicyclic) bond motifs is 1. The van der Waals surface area contributed by atoms with Crippen LogP contribution in [0.25, 0.3) is 10.9 Å². The van der Waals surface area contributed by atoms with Crippen molar-refractivity contribution in [2.24, 2.45) is 7.05 Å². The zero-order chi connectivity index (χ0) is 16.3. The first-order valence-corrected chi connectivity index (χ1v) is 7.51. The zero-order valence-corrected chi connectivity index (χ0v) is 14.1. The molecule has 0 aliphatic carbocycles. The summed E-state index contributed by atoms with van der Waals surface area (Å²) in [7, 11) is 1.01. The third kappa shape index (κ3) is 2.26. The molecular formula is C15H18BClN2O3. The van der Waals surface area contributed by atoms with Crippen LogP contribution in [-0.2, 0) is 16.4 Å². The highest BCUT2D eigenvalue weighted by Gasteiger charge is 2.52. The van der Waals surface area contributed by atoms with Crippen molar-refractivity contribution in [3.8, 4) is 0 Å². The van der Waals surface area contributed by atoms with Gasteiger partial charge in [0.1, 0.15) is 5.15 Å². The molecule has 1 aliphatic rings. The van der Waals surface area contributed by atoms with Crippen molar-refractivity contribution < 1.29 is 9.31 Å². The summed E-state index contributed by atoms with van der Waals surface area (Å²) in [5, 5.41) is 1.17. The first-order chi connectivity index (χ1) is 10.1. The van der Waals surface area contributed by atoms with Gasteiger partial charge in [-0.3, -0.25) is 4.79 Å². The van der Waals surface area contributed by atoms with E-state index in [1.54, 1.807) is 29.9 Å². The number of halogens is 1. The van der Waals surface area contributed by atoms with Crippen molar-refractivity contribution in [3.05, 3.63) is 33.8 Å². The molecule has 0 radical (unpaired) electrons. The van der Waals surface area contributed by atoms with Gasteiger partial charge in [0.2, 0.25) is 0 Å². The largest absolute Gasteiger partial charge is 0.500 e. The molecule has 22 heavy (non-hydrogen) atoms. The third-order valence-electron chi connectivity index (χ3n) is 4.61. The molecule has 7 heteroatoms. The van der Waals surface area contributed by atoms with Gasteiger partial charge in [0.05, 0.1) is 16.7 Å². The molecule has 1 aliphatic heterocycles. The molecule has 3 rings (SSSR count). The van der Waals surface area contributed by atoms with Crippen LogP contribution in [0.4, 0.5) is 0 Å². The van der Waals surface area contributed by atoms with Gasteiger partial charge < -0.3 is 13.9 Å². The van der Waals surface area contributed by atoms with E-state index in [1.807, 2.05) is 27.7 Å². The quantitative estimate of drug-likeness (QED) is 0.595. The Morgan fingerprint density at radius 1 is 1.18 bits per heavy atom. The smallest absolute Gasteiger partial charge is 0.399 e. The van der Waals surface area contributed by atoms with E-state index in [2.05, 4.69) is 4.98 Å². The number of aromatic nitrogens is 2. The van der Waals surface area contributed by atoms with Crippen molar-refractivity contribution >= 4 is 35.1 Å². The van der Waals surface area contributed by atoms with E-state index in [0.29, 0.717) is 10.6 Å². The maximum absolute atomic E-state index is 12.6. The maximum Gasteiger partial charge on any atom is 0.500 e.